The van der Waals surface area contributed by atoms with Gasteiger partial charge in [-0.15, -0.1) is 0 Å². The monoisotopic (exact) mass is 269 g/mol. The van der Waals surface area contributed by atoms with Gasteiger partial charge in [-0.2, -0.15) is 0 Å². The van der Waals surface area contributed by atoms with E-state index in [0.29, 0.717) is 0 Å². The van der Waals surface area contributed by atoms with Crippen molar-refractivity contribution >= 4 is 5.88 Å². The summed E-state index contributed by atoms with van der Waals surface area (Å²) in [6.45, 7) is 0. The minimum Gasteiger partial charge on any atom is -0.403 e. The van der Waals surface area contributed by atoms with Crippen LogP contribution in [0.5, 0.6) is 0 Å². The van der Waals surface area contributed by atoms with Crippen molar-refractivity contribution in [1.82, 2.24) is 0 Å². The molecule has 5 nitrogen and oxygen atoms in total. The third-order valence-corrected chi connectivity index (χ3v) is 2.57. The third-order valence-electron chi connectivity index (χ3n) is 2.57. The highest BCUT2D eigenvalue weighted by molar-refractivity contribution is 5.23. The fourth-order valence-corrected chi connectivity index (χ4v) is 1.63. The summed E-state index contributed by atoms with van der Waals surface area (Å²) in [5, 5.41) is 20.2. The van der Waals surface area contributed by atoms with E-state index in [0.717, 1.165) is 12.1 Å². The van der Waals surface area contributed by atoms with Gasteiger partial charge < -0.3 is 9.52 Å². The predicted molar refractivity (Wildman–Crippen MR) is 60.4 cm³/mol. The molecule has 19 heavy (non-hydrogen) atoms. The average Bonchev–Trinajstić information content (AvgIpc) is 2.84. The van der Waals surface area contributed by atoms with Gasteiger partial charge in [0.15, 0.2) is 11.6 Å². The first kappa shape index (κ1) is 13.2. The fraction of sp³-hybridized carbons (Fsp3) is 0.167. The molecule has 0 spiro atoms. The molecule has 1 aromatic carbocycles. The minimum atomic E-state index is -1.29. The van der Waals surface area contributed by atoms with Crippen LogP contribution in [0.2, 0.25) is 0 Å². The molecular formula is C12H9F2NO4. The number of rotatable bonds is 4. The van der Waals surface area contributed by atoms with Crippen LogP contribution in [-0.4, -0.2) is 10.0 Å². The Hall–Kier alpha value is -2.28. The summed E-state index contributed by atoms with van der Waals surface area (Å²) in [7, 11) is 0. The molecule has 1 atom stereocenters. The highest BCUT2D eigenvalue weighted by Crippen LogP contribution is 2.25. The largest absolute Gasteiger partial charge is 0.433 e. The number of benzene rings is 1. The van der Waals surface area contributed by atoms with E-state index in [4.69, 9.17) is 4.42 Å². The molecule has 2 aromatic rings. The van der Waals surface area contributed by atoms with Gasteiger partial charge in [0.2, 0.25) is 0 Å². The van der Waals surface area contributed by atoms with E-state index in [2.05, 4.69) is 0 Å². The lowest BCUT2D eigenvalue weighted by Crippen LogP contribution is -2.03. The Bertz CT molecular complexity index is 612. The molecule has 0 radical (unpaired) electrons. The molecule has 1 heterocycles. The topological polar surface area (TPSA) is 76.5 Å². The molecule has 0 bridgehead atoms. The number of hydrogen-bond donors (Lipinski definition) is 1. The second-order valence-corrected chi connectivity index (χ2v) is 3.87. The van der Waals surface area contributed by atoms with Crippen LogP contribution in [-0.2, 0) is 6.42 Å². The Morgan fingerprint density at radius 3 is 2.68 bits per heavy atom. The number of hydrogen-bond acceptors (Lipinski definition) is 4. The van der Waals surface area contributed by atoms with Crippen LogP contribution < -0.4 is 0 Å². The molecule has 0 fully saturated rings. The number of nitro groups is 1. The van der Waals surface area contributed by atoms with Crippen molar-refractivity contribution in [3.05, 3.63) is 63.4 Å². The summed E-state index contributed by atoms with van der Waals surface area (Å²) in [4.78, 5) is 9.66. The minimum absolute atomic E-state index is 0.0356. The number of aliphatic hydroxyl groups is 1. The van der Waals surface area contributed by atoms with Crippen LogP contribution in [0.3, 0.4) is 0 Å². The maximum absolute atomic E-state index is 13.4. The van der Waals surface area contributed by atoms with Gasteiger partial charge in [0.25, 0.3) is 0 Å². The van der Waals surface area contributed by atoms with Gasteiger partial charge in [0.05, 0.1) is 6.07 Å². The van der Waals surface area contributed by atoms with Crippen LogP contribution in [0.1, 0.15) is 17.4 Å². The van der Waals surface area contributed by atoms with Crippen LogP contribution >= 0.6 is 0 Å². The van der Waals surface area contributed by atoms with Crippen molar-refractivity contribution in [1.29, 1.82) is 0 Å². The first-order valence-electron chi connectivity index (χ1n) is 5.34. The average molecular weight is 269 g/mol. The highest BCUT2D eigenvalue weighted by atomic mass is 19.2. The van der Waals surface area contributed by atoms with Gasteiger partial charge in [-0.3, -0.25) is 10.1 Å². The first-order valence-corrected chi connectivity index (χ1v) is 5.34. The van der Waals surface area contributed by atoms with E-state index in [1.54, 1.807) is 0 Å². The summed E-state index contributed by atoms with van der Waals surface area (Å²) >= 11 is 0. The molecule has 1 N–H and O–H groups in total. The Kier molecular flexibility index (Phi) is 3.57. The third kappa shape index (κ3) is 2.76. The lowest BCUT2D eigenvalue weighted by Gasteiger charge is -2.08. The van der Waals surface area contributed by atoms with Crippen LogP contribution in [0.4, 0.5) is 14.7 Å². The summed E-state index contributed by atoms with van der Waals surface area (Å²) < 4.78 is 31.1. The molecule has 1 unspecified atom stereocenters. The maximum atomic E-state index is 13.4. The molecule has 0 amide bonds. The number of furan rings is 1. The van der Waals surface area contributed by atoms with Crippen molar-refractivity contribution < 1.29 is 23.2 Å². The fourth-order valence-electron chi connectivity index (χ4n) is 1.63. The van der Waals surface area contributed by atoms with Crippen molar-refractivity contribution in [2.24, 2.45) is 0 Å². The van der Waals surface area contributed by atoms with Gasteiger partial charge in [0.1, 0.15) is 16.8 Å². The summed E-state index contributed by atoms with van der Waals surface area (Å²) in [5.74, 6) is -2.66. The van der Waals surface area contributed by atoms with E-state index in [-0.39, 0.29) is 17.7 Å². The lowest BCUT2D eigenvalue weighted by atomic mass is 10.1. The summed E-state index contributed by atoms with van der Waals surface area (Å²) in [6.07, 6.45) is -1.53. The molecule has 100 valence electrons. The lowest BCUT2D eigenvalue weighted by molar-refractivity contribution is -0.402. The summed E-state index contributed by atoms with van der Waals surface area (Å²) in [6, 6.07) is 5.90. The molecule has 0 aliphatic heterocycles. The zero-order valence-electron chi connectivity index (χ0n) is 9.55. The molecule has 1 aromatic heterocycles. The van der Waals surface area contributed by atoms with E-state index >= 15 is 0 Å². The molecular weight excluding hydrogens is 260 g/mol. The van der Waals surface area contributed by atoms with Crippen molar-refractivity contribution in [3.63, 3.8) is 0 Å². The van der Waals surface area contributed by atoms with Crippen LogP contribution in [0, 0.1) is 21.7 Å². The van der Waals surface area contributed by atoms with E-state index in [9.17, 15) is 24.0 Å². The van der Waals surface area contributed by atoms with Gasteiger partial charge >= 0.3 is 5.88 Å². The molecule has 0 saturated carbocycles. The normalized spacial score (nSPS) is 12.4. The van der Waals surface area contributed by atoms with Gasteiger partial charge in [0, 0.05) is 6.42 Å². The van der Waals surface area contributed by atoms with E-state index < -0.39 is 28.5 Å². The Labute approximate surface area is 106 Å². The van der Waals surface area contributed by atoms with Gasteiger partial charge in [-0.25, -0.2) is 8.78 Å². The zero-order valence-corrected chi connectivity index (χ0v) is 9.55. The Morgan fingerprint density at radius 1 is 1.32 bits per heavy atom. The first-order chi connectivity index (χ1) is 8.99. The standard InChI is InChI=1S/C12H9F2NO4/c13-8-3-1-2-7(12(8)14)6-9(16)10-4-5-11(19-10)15(17)18/h1-5,9,16H,6H2. The number of halogens is 2. The zero-order chi connectivity index (χ0) is 14.0. The Morgan fingerprint density at radius 2 is 2.05 bits per heavy atom. The molecule has 0 saturated heterocycles. The second kappa shape index (κ2) is 5.15. The molecule has 2 rings (SSSR count). The Balaban J connectivity index is 2.18. The molecule has 0 aliphatic rings. The number of aliphatic hydroxyl groups excluding tert-OH is 1. The van der Waals surface area contributed by atoms with Crippen molar-refractivity contribution in [2.45, 2.75) is 12.5 Å². The number of nitrogens with zero attached hydrogens (tertiary/aromatic N) is 1. The molecule has 0 aliphatic carbocycles. The quantitative estimate of drug-likeness (QED) is 0.684. The SMILES string of the molecule is O=[N+]([O-])c1ccc(C(O)Cc2cccc(F)c2F)o1. The second-order valence-electron chi connectivity index (χ2n) is 3.87. The van der Waals surface area contributed by atoms with Crippen molar-refractivity contribution in [2.75, 3.05) is 0 Å². The highest BCUT2D eigenvalue weighted by Gasteiger charge is 2.20. The van der Waals surface area contributed by atoms with Crippen LogP contribution in [0.15, 0.2) is 34.7 Å². The smallest absolute Gasteiger partial charge is 0.403 e. The van der Waals surface area contributed by atoms with Crippen LogP contribution in [0.25, 0.3) is 0 Å². The van der Waals surface area contributed by atoms with Gasteiger partial charge in [-0.05, 0) is 17.7 Å². The van der Waals surface area contributed by atoms with E-state index in [1.165, 1.54) is 18.2 Å². The van der Waals surface area contributed by atoms with E-state index in [1.807, 2.05) is 0 Å². The van der Waals surface area contributed by atoms with Gasteiger partial charge in [-0.1, -0.05) is 12.1 Å². The van der Waals surface area contributed by atoms with Crippen molar-refractivity contribution in [3.8, 4) is 0 Å². The molecule has 7 heteroatoms. The summed E-state index contributed by atoms with van der Waals surface area (Å²) in [5.41, 5.74) is -0.0356. The predicted octanol–water partition coefficient (Wildman–Crippen LogP) is 2.74. The maximum Gasteiger partial charge on any atom is 0.433 e.